The standard InChI is InChI=1S/C22H21ClFN3O3/c1-4-30-21(28)20-16-8-6-5-7-15(16)17(12-25-20)13(2)27(3)22(29)26-14-9-10-19(24)18(23)11-14/h5-13H,4H2,1-3H3,(H,26,29). The van der Waals surface area contributed by atoms with Gasteiger partial charge in [-0.05, 0) is 37.4 Å². The molecular weight excluding hydrogens is 409 g/mol. The molecule has 0 saturated heterocycles. The van der Waals surface area contributed by atoms with E-state index in [9.17, 15) is 14.0 Å². The number of pyridine rings is 1. The van der Waals surface area contributed by atoms with Crippen LogP contribution in [0, 0.1) is 5.82 Å². The van der Waals surface area contributed by atoms with E-state index >= 15 is 0 Å². The van der Waals surface area contributed by atoms with Gasteiger partial charge in [0.2, 0.25) is 0 Å². The van der Waals surface area contributed by atoms with E-state index in [1.54, 1.807) is 26.2 Å². The Morgan fingerprint density at radius 3 is 2.60 bits per heavy atom. The van der Waals surface area contributed by atoms with Gasteiger partial charge in [-0.2, -0.15) is 0 Å². The minimum absolute atomic E-state index is 0.0757. The number of fused-ring (bicyclic) bond motifs is 1. The van der Waals surface area contributed by atoms with Gasteiger partial charge in [0.15, 0.2) is 5.69 Å². The van der Waals surface area contributed by atoms with Crippen LogP contribution >= 0.6 is 11.6 Å². The van der Waals surface area contributed by atoms with E-state index in [0.717, 1.165) is 10.9 Å². The van der Waals surface area contributed by atoms with Crippen LogP contribution in [0.4, 0.5) is 14.9 Å². The number of anilines is 1. The topological polar surface area (TPSA) is 71.5 Å². The average molecular weight is 430 g/mol. The summed E-state index contributed by atoms with van der Waals surface area (Å²) in [5.41, 5.74) is 1.39. The summed E-state index contributed by atoms with van der Waals surface area (Å²) in [6, 6.07) is 10.5. The molecule has 0 saturated carbocycles. The Bertz CT molecular complexity index is 1110. The third-order valence-corrected chi connectivity index (χ3v) is 5.11. The van der Waals surface area contributed by atoms with Crippen LogP contribution < -0.4 is 5.32 Å². The second-order valence-corrected chi connectivity index (χ2v) is 7.08. The van der Waals surface area contributed by atoms with Gasteiger partial charge in [0.05, 0.1) is 17.7 Å². The maximum atomic E-state index is 13.3. The van der Waals surface area contributed by atoms with E-state index in [1.807, 2.05) is 25.1 Å². The van der Waals surface area contributed by atoms with Crippen molar-refractivity contribution in [2.45, 2.75) is 19.9 Å². The molecule has 1 atom stereocenters. The highest BCUT2D eigenvalue weighted by Crippen LogP contribution is 2.29. The maximum absolute atomic E-state index is 13.3. The summed E-state index contributed by atoms with van der Waals surface area (Å²) < 4.78 is 18.4. The molecule has 3 aromatic rings. The van der Waals surface area contributed by atoms with Crippen LogP contribution in [-0.2, 0) is 4.74 Å². The molecule has 2 amide bonds. The first kappa shape index (κ1) is 21.5. The Morgan fingerprint density at radius 2 is 1.93 bits per heavy atom. The Balaban J connectivity index is 1.89. The number of nitrogens with zero attached hydrogens (tertiary/aromatic N) is 2. The summed E-state index contributed by atoms with van der Waals surface area (Å²) in [6.07, 6.45) is 1.58. The lowest BCUT2D eigenvalue weighted by molar-refractivity contribution is 0.0522. The average Bonchev–Trinajstić information content (AvgIpc) is 2.74. The largest absolute Gasteiger partial charge is 0.461 e. The molecule has 156 valence electrons. The smallest absolute Gasteiger partial charge is 0.357 e. The number of aromatic nitrogens is 1. The third-order valence-electron chi connectivity index (χ3n) is 4.82. The molecular formula is C22H21ClFN3O3. The molecule has 0 fully saturated rings. The molecule has 0 aliphatic heterocycles. The van der Waals surface area contributed by atoms with Gasteiger partial charge in [-0.15, -0.1) is 0 Å². The highest BCUT2D eigenvalue weighted by atomic mass is 35.5. The van der Waals surface area contributed by atoms with Crippen LogP contribution in [0.15, 0.2) is 48.7 Å². The monoisotopic (exact) mass is 429 g/mol. The van der Waals surface area contributed by atoms with Crippen molar-refractivity contribution in [1.29, 1.82) is 0 Å². The second kappa shape index (κ2) is 9.09. The lowest BCUT2D eigenvalue weighted by atomic mass is 10.00. The molecule has 0 bridgehead atoms. The molecule has 1 N–H and O–H groups in total. The van der Waals surface area contributed by atoms with Gasteiger partial charge < -0.3 is 15.0 Å². The Morgan fingerprint density at radius 1 is 1.23 bits per heavy atom. The van der Waals surface area contributed by atoms with Gasteiger partial charge in [-0.1, -0.05) is 35.9 Å². The summed E-state index contributed by atoms with van der Waals surface area (Å²) in [7, 11) is 1.64. The van der Waals surface area contributed by atoms with Crippen LogP contribution in [0.1, 0.15) is 35.9 Å². The van der Waals surface area contributed by atoms with E-state index in [-0.39, 0.29) is 23.4 Å². The number of hydrogen-bond donors (Lipinski definition) is 1. The minimum atomic E-state index is -0.560. The van der Waals surface area contributed by atoms with E-state index in [1.165, 1.54) is 23.1 Å². The fraction of sp³-hybridized carbons (Fsp3) is 0.227. The number of amides is 2. The van der Waals surface area contributed by atoms with Gasteiger partial charge in [0.25, 0.3) is 0 Å². The van der Waals surface area contributed by atoms with Gasteiger partial charge in [0, 0.05) is 29.9 Å². The predicted molar refractivity (Wildman–Crippen MR) is 114 cm³/mol. The normalized spacial score (nSPS) is 11.8. The molecule has 2 aromatic carbocycles. The Hall–Kier alpha value is -3.19. The number of nitrogens with one attached hydrogen (secondary N) is 1. The zero-order valence-electron chi connectivity index (χ0n) is 16.8. The Kier molecular flexibility index (Phi) is 6.52. The molecule has 1 aromatic heterocycles. The number of ether oxygens (including phenoxy) is 1. The molecule has 1 heterocycles. The number of carbonyl (C=O) groups is 2. The first-order valence-electron chi connectivity index (χ1n) is 9.37. The highest BCUT2D eigenvalue weighted by molar-refractivity contribution is 6.31. The van der Waals surface area contributed by atoms with E-state index in [0.29, 0.717) is 11.1 Å². The van der Waals surface area contributed by atoms with Gasteiger partial charge >= 0.3 is 12.0 Å². The van der Waals surface area contributed by atoms with Gasteiger partial charge in [-0.3, -0.25) is 0 Å². The highest BCUT2D eigenvalue weighted by Gasteiger charge is 2.22. The summed E-state index contributed by atoms with van der Waals surface area (Å²) >= 11 is 5.78. The maximum Gasteiger partial charge on any atom is 0.357 e. The molecule has 8 heteroatoms. The molecule has 6 nitrogen and oxygen atoms in total. The fourth-order valence-corrected chi connectivity index (χ4v) is 3.26. The number of benzene rings is 2. The van der Waals surface area contributed by atoms with Crippen molar-refractivity contribution < 1.29 is 18.7 Å². The molecule has 0 aliphatic carbocycles. The summed E-state index contributed by atoms with van der Waals surface area (Å²) in [4.78, 5) is 30.7. The van der Waals surface area contributed by atoms with E-state index in [4.69, 9.17) is 16.3 Å². The number of hydrogen-bond acceptors (Lipinski definition) is 4. The first-order valence-corrected chi connectivity index (χ1v) is 9.74. The molecule has 3 rings (SSSR count). The lowest BCUT2D eigenvalue weighted by Crippen LogP contribution is -2.33. The molecule has 30 heavy (non-hydrogen) atoms. The van der Waals surface area contributed by atoms with Gasteiger partial charge in [-0.25, -0.2) is 19.0 Å². The zero-order chi connectivity index (χ0) is 21.8. The number of urea groups is 1. The van der Waals surface area contributed by atoms with Crippen molar-refractivity contribution in [3.8, 4) is 0 Å². The van der Waals surface area contributed by atoms with Crippen molar-refractivity contribution in [1.82, 2.24) is 9.88 Å². The Labute approximate surface area is 178 Å². The third kappa shape index (κ3) is 4.36. The van der Waals surface area contributed by atoms with E-state index in [2.05, 4.69) is 10.3 Å². The van der Waals surface area contributed by atoms with Crippen molar-refractivity contribution >= 4 is 40.1 Å². The fourth-order valence-electron chi connectivity index (χ4n) is 3.08. The van der Waals surface area contributed by atoms with Crippen LogP contribution in [0.3, 0.4) is 0 Å². The van der Waals surface area contributed by atoms with E-state index < -0.39 is 17.8 Å². The van der Waals surface area contributed by atoms with Crippen molar-refractivity contribution in [3.63, 3.8) is 0 Å². The van der Waals surface area contributed by atoms with Crippen molar-refractivity contribution in [3.05, 3.63) is 70.8 Å². The lowest BCUT2D eigenvalue weighted by Gasteiger charge is -2.26. The number of halogens is 2. The summed E-state index contributed by atoms with van der Waals surface area (Å²) in [6.45, 7) is 3.84. The first-order chi connectivity index (χ1) is 14.3. The van der Waals surface area contributed by atoms with Crippen molar-refractivity contribution in [2.24, 2.45) is 0 Å². The second-order valence-electron chi connectivity index (χ2n) is 6.67. The van der Waals surface area contributed by atoms with Crippen LogP contribution in [0.2, 0.25) is 5.02 Å². The van der Waals surface area contributed by atoms with Crippen molar-refractivity contribution in [2.75, 3.05) is 19.0 Å². The molecule has 1 unspecified atom stereocenters. The molecule has 0 spiro atoms. The number of esters is 1. The predicted octanol–water partition coefficient (Wildman–Crippen LogP) is 5.43. The quantitative estimate of drug-likeness (QED) is 0.549. The molecule has 0 radical (unpaired) electrons. The summed E-state index contributed by atoms with van der Waals surface area (Å²) in [5.74, 6) is -1.05. The van der Waals surface area contributed by atoms with Crippen LogP contribution in [-0.4, -0.2) is 35.5 Å². The van der Waals surface area contributed by atoms with Crippen LogP contribution in [0.5, 0.6) is 0 Å². The SMILES string of the molecule is CCOC(=O)c1ncc(C(C)N(C)C(=O)Nc2ccc(F)c(Cl)c2)c2ccccc12. The summed E-state index contributed by atoms with van der Waals surface area (Å²) in [5, 5.41) is 4.07. The van der Waals surface area contributed by atoms with Gasteiger partial charge in [0.1, 0.15) is 5.82 Å². The zero-order valence-corrected chi connectivity index (χ0v) is 17.5. The minimum Gasteiger partial charge on any atom is -0.461 e. The van der Waals surface area contributed by atoms with Crippen LogP contribution in [0.25, 0.3) is 10.8 Å². The number of carbonyl (C=O) groups excluding carboxylic acids is 2. The number of rotatable bonds is 5. The molecule has 0 aliphatic rings.